The fourth-order valence-electron chi connectivity index (χ4n) is 2.86. The van der Waals surface area contributed by atoms with E-state index in [9.17, 15) is 9.59 Å². The lowest BCUT2D eigenvalue weighted by atomic mass is 9.94. The molecule has 2 N–H and O–H groups in total. The first-order valence-electron chi connectivity index (χ1n) is 9.50. The van der Waals surface area contributed by atoms with Crippen LogP contribution in [0.15, 0.2) is 23.5 Å². The third kappa shape index (κ3) is 7.20. The molecule has 2 heterocycles. The van der Waals surface area contributed by atoms with Crippen LogP contribution in [0.3, 0.4) is 0 Å². The van der Waals surface area contributed by atoms with Crippen LogP contribution in [0, 0.1) is 10.8 Å². The fourth-order valence-corrected chi connectivity index (χ4v) is 4.47. The molecule has 0 aromatic rings. The predicted octanol–water partition coefficient (Wildman–Crippen LogP) is 3.33. The van der Waals surface area contributed by atoms with E-state index in [1.807, 2.05) is 63.4 Å². The van der Waals surface area contributed by atoms with Crippen molar-refractivity contribution in [2.45, 2.75) is 40.5 Å². The molecule has 0 aromatic carbocycles. The van der Waals surface area contributed by atoms with Crippen LogP contribution in [0.2, 0.25) is 0 Å². The van der Waals surface area contributed by atoms with Gasteiger partial charge in [-0.2, -0.15) is 23.5 Å². The van der Waals surface area contributed by atoms with Crippen LogP contribution in [0.25, 0.3) is 0 Å². The molecule has 2 amide bonds. The quantitative estimate of drug-likeness (QED) is 0.481. The Kier molecular flexibility index (Phi) is 8.31. The Labute approximate surface area is 171 Å². The number of rotatable bonds is 12. The van der Waals surface area contributed by atoms with Gasteiger partial charge in [-0.25, -0.2) is 0 Å². The number of carbonyl (C=O) groups excluding carboxylic acids is 2. The van der Waals surface area contributed by atoms with E-state index in [0.29, 0.717) is 0 Å². The Morgan fingerprint density at radius 2 is 1.19 bits per heavy atom. The molecule has 7 heteroatoms. The van der Waals surface area contributed by atoms with E-state index in [2.05, 4.69) is 10.6 Å². The highest BCUT2D eigenvalue weighted by Crippen LogP contribution is 2.27. The molecule has 2 aliphatic heterocycles. The third-order valence-electron chi connectivity index (χ3n) is 4.56. The molecule has 0 saturated carbocycles. The number of hydrogen-bond acceptors (Lipinski definition) is 5. The molecule has 2 aliphatic rings. The minimum absolute atomic E-state index is 0.0960. The zero-order valence-electron chi connectivity index (χ0n) is 16.9. The van der Waals surface area contributed by atoms with E-state index in [0.717, 1.165) is 60.5 Å². The zero-order chi connectivity index (χ0) is 19.9. The van der Waals surface area contributed by atoms with Gasteiger partial charge in [0.2, 0.25) is 11.8 Å². The van der Waals surface area contributed by atoms with E-state index in [1.165, 1.54) is 0 Å². The molecule has 5 nitrogen and oxygen atoms in total. The minimum atomic E-state index is -0.364. The minimum Gasteiger partial charge on any atom is -0.380 e. The second-order valence-corrected chi connectivity index (χ2v) is 10.5. The summed E-state index contributed by atoms with van der Waals surface area (Å²) in [5.41, 5.74) is 1.37. The van der Waals surface area contributed by atoms with Gasteiger partial charge >= 0.3 is 0 Å². The number of nitrogens with one attached hydrogen (secondary N) is 2. The highest BCUT2D eigenvalue weighted by Gasteiger charge is 2.32. The molecule has 0 bridgehead atoms. The van der Waals surface area contributed by atoms with Gasteiger partial charge in [0.15, 0.2) is 0 Å². The van der Waals surface area contributed by atoms with Crippen molar-refractivity contribution in [3.8, 4) is 0 Å². The van der Waals surface area contributed by atoms with Crippen molar-refractivity contribution < 1.29 is 14.3 Å². The van der Waals surface area contributed by atoms with Crippen molar-refractivity contribution in [1.82, 2.24) is 10.6 Å². The maximum Gasteiger partial charge on any atom is 0.233 e. The summed E-state index contributed by atoms with van der Waals surface area (Å²) in [6.07, 6.45) is 5.88. The first-order valence-corrected chi connectivity index (χ1v) is 11.8. The summed E-state index contributed by atoms with van der Waals surface area (Å²) in [6, 6.07) is 0. The number of ether oxygens (including phenoxy) is 1. The molecular formula is C20H32N2O3S2. The predicted molar refractivity (Wildman–Crippen MR) is 115 cm³/mol. The standard InChI is InChI=1S/C20H32N2O3S2/c1-19(2)13-15(21-17(19)23)5-9-26-11-7-25-8-12-27-10-6-16-14-20(3,4)18(24)22-16/h13-14H,5-12H2,1-4H3,(H,21,23)(H,22,24). The Balaban J connectivity index is 1.39. The summed E-state index contributed by atoms with van der Waals surface area (Å²) in [4.78, 5) is 23.4. The van der Waals surface area contributed by atoms with Crippen LogP contribution in [-0.2, 0) is 14.3 Å². The highest BCUT2D eigenvalue weighted by atomic mass is 32.2. The summed E-state index contributed by atoms with van der Waals surface area (Å²) in [5, 5.41) is 5.90. The molecule has 0 unspecified atom stereocenters. The Morgan fingerprint density at radius 1 is 0.778 bits per heavy atom. The van der Waals surface area contributed by atoms with Crippen LogP contribution in [0.4, 0.5) is 0 Å². The second-order valence-electron chi connectivity index (χ2n) is 8.03. The maximum atomic E-state index is 11.7. The lowest BCUT2D eigenvalue weighted by Gasteiger charge is -2.09. The second kappa shape index (κ2) is 10.0. The van der Waals surface area contributed by atoms with Gasteiger partial charge in [-0.15, -0.1) is 0 Å². The van der Waals surface area contributed by atoms with Crippen LogP contribution in [0.5, 0.6) is 0 Å². The average molecular weight is 413 g/mol. The summed E-state index contributed by atoms with van der Waals surface area (Å²) in [6.45, 7) is 9.28. The molecule has 2 rings (SSSR count). The fraction of sp³-hybridized carbons (Fsp3) is 0.700. The van der Waals surface area contributed by atoms with E-state index in [1.54, 1.807) is 0 Å². The summed E-state index contributed by atoms with van der Waals surface area (Å²) in [7, 11) is 0. The van der Waals surface area contributed by atoms with Gasteiger partial charge in [-0.3, -0.25) is 9.59 Å². The largest absolute Gasteiger partial charge is 0.380 e. The van der Waals surface area contributed by atoms with Crippen LogP contribution in [0.1, 0.15) is 40.5 Å². The zero-order valence-corrected chi connectivity index (χ0v) is 18.5. The monoisotopic (exact) mass is 412 g/mol. The Morgan fingerprint density at radius 3 is 1.52 bits per heavy atom. The van der Waals surface area contributed by atoms with E-state index in [-0.39, 0.29) is 22.6 Å². The summed E-state index contributed by atoms with van der Waals surface area (Å²) in [5.74, 6) is 4.14. The topological polar surface area (TPSA) is 67.4 Å². The van der Waals surface area contributed by atoms with Crippen molar-refractivity contribution >= 4 is 35.3 Å². The SMILES string of the molecule is CC1(C)C=C(CCSCCOCCSCCC2=CC(C)(C)C(=O)N2)NC1=O. The van der Waals surface area contributed by atoms with Gasteiger partial charge in [0.05, 0.1) is 24.0 Å². The van der Waals surface area contributed by atoms with E-state index < -0.39 is 0 Å². The molecule has 0 aliphatic carbocycles. The molecule has 0 aromatic heterocycles. The van der Waals surface area contributed by atoms with Crippen molar-refractivity contribution in [3.63, 3.8) is 0 Å². The Hall–Kier alpha value is -0.920. The first kappa shape index (κ1) is 22.4. The molecule has 0 radical (unpaired) electrons. The van der Waals surface area contributed by atoms with Gasteiger partial charge < -0.3 is 15.4 Å². The van der Waals surface area contributed by atoms with Crippen molar-refractivity contribution in [3.05, 3.63) is 23.5 Å². The molecule has 0 saturated heterocycles. The summed E-state index contributed by atoms with van der Waals surface area (Å²) < 4.78 is 5.67. The number of hydrogen-bond donors (Lipinski definition) is 2. The van der Waals surface area contributed by atoms with Crippen LogP contribution < -0.4 is 10.6 Å². The van der Waals surface area contributed by atoms with Crippen LogP contribution >= 0.6 is 23.5 Å². The normalized spacial score (nSPS) is 20.3. The Bertz CT molecular complexity index is 560. The van der Waals surface area contributed by atoms with Crippen molar-refractivity contribution in [1.29, 1.82) is 0 Å². The molecule has 27 heavy (non-hydrogen) atoms. The van der Waals surface area contributed by atoms with Gasteiger partial charge in [0.25, 0.3) is 0 Å². The molecule has 0 spiro atoms. The molecule has 0 fully saturated rings. The lowest BCUT2D eigenvalue weighted by molar-refractivity contribution is -0.125. The number of amides is 2. The smallest absolute Gasteiger partial charge is 0.233 e. The molecule has 0 atom stereocenters. The molecule has 152 valence electrons. The average Bonchev–Trinajstić information content (AvgIpc) is 2.99. The third-order valence-corrected chi connectivity index (χ3v) is 6.46. The van der Waals surface area contributed by atoms with Gasteiger partial charge in [0, 0.05) is 22.9 Å². The van der Waals surface area contributed by atoms with Crippen molar-refractivity contribution in [2.24, 2.45) is 10.8 Å². The van der Waals surface area contributed by atoms with E-state index in [4.69, 9.17) is 4.74 Å². The summed E-state index contributed by atoms with van der Waals surface area (Å²) >= 11 is 3.71. The van der Waals surface area contributed by atoms with Gasteiger partial charge in [-0.05, 0) is 52.0 Å². The lowest BCUT2D eigenvalue weighted by Crippen LogP contribution is -2.27. The number of allylic oxidation sites excluding steroid dienone is 2. The van der Waals surface area contributed by atoms with E-state index >= 15 is 0 Å². The number of carbonyl (C=O) groups is 2. The van der Waals surface area contributed by atoms with Crippen molar-refractivity contribution in [2.75, 3.05) is 36.2 Å². The molecular weight excluding hydrogens is 380 g/mol. The van der Waals surface area contributed by atoms with Gasteiger partial charge in [0.1, 0.15) is 0 Å². The first-order chi connectivity index (χ1) is 12.7. The number of thioether (sulfide) groups is 2. The van der Waals surface area contributed by atoms with Crippen LogP contribution in [-0.4, -0.2) is 48.0 Å². The highest BCUT2D eigenvalue weighted by molar-refractivity contribution is 7.99. The van der Waals surface area contributed by atoms with Gasteiger partial charge in [-0.1, -0.05) is 12.2 Å². The maximum absolute atomic E-state index is 11.7.